The fourth-order valence-electron chi connectivity index (χ4n) is 3.89. The van der Waals surface area contributed by atoms with Crippen LogP contribution in [0.2, 0.25) is 0 Å². The van der Waals surface area contributed by atoms with Crippen molar-refractivity contribution < 1.29 is 13.2 Å². The number of carbonyl (C=O) groups excluding carboxylic acids is 1. The Morgan fingerprint density at radius 2 is 2.00 bits per heavy atom. The number of carbonyl (C=O) groups is 1. The van der Waals surface area contributed by atoms with Crippen LogP contribution in [0.5, 0.6) is 0 Å². The first-order chi connectivity index (χ1) is 11.8. The monoisotopic (exact) mass is 382 g/mol. The molecule has 0 aliphatic heterocycles. The molecular formula is C18H26N2O3S2. The molecule has 0 aromatic heterocycles. The molecule has 0 unspecified atom stereocenters. The van der Waals surface area contributed by atoms with E-state index in [0.29, 0.717) is 17.5 Å². The molecule has 0 heterocycles. The van der Waals surface area contributed by atoms with Crippen LogP contribution < -0.4 is 10.0 Å². The fraction of sp³-hybridized carbons (Fsp3) is 0.611. The van der Waals surface area contributed by atoms with Crippen molar-refractivity contribution in [3.8, 4) is 0 Å². The quantitative estimate of drug-likeness (QED) is 0.739. The second-order valence-corrected chi connectivity index (χ2v) is 9.97. The van der Waals surface area contributed by atoms with Crippen molar-refractivity contribution in [1.29, 1.82) is 0 Å². The summed E-state index contributed by atoms with van der Waals surface area (Å²) in [7, 11) is -3.58. The van der Waals surface area contributed by atoms with Gasteiger partial charge in [-0.15, -0.1) is 11.8 Å². The summed E-state index contributed by atoms with van der Waals surface area (Å²) >= 11 is 1.48. The predicted molar refractivity (Wildman–Crippen MR) is 101 cm³/mol. The van der Waals surface area contributed by atoms with E-state index >= 15 is 0 Å². The van der Waals surface area contributed by atoms with Gasteiger partial charge in [-0.2, -0.15) is 0 Å². The molecule has 138 valence electrons. The molecule has 2 aliphatic carbocycles. The van der Waals surface area contributed by atoms with Gasteiger partial charge in [0.1, 0.15) is 0 Å². The number of hydrogen-bond donors (Lipinski definition) is 2. The molecule has 1 amide bonds. The third kappa shape index (κ3) is 4.04. The highest BCUT2D eigenvalue weighted by Crippen LogP contribution is 2.45. The highest BCUT2D eigenvalue weighted by atomic mass is 32.2. The summed E-state index contributed by atoms with van der Waals surface area (Å²) in [5, 5.41) is 2.84. The van der Waals surface area contributed by atoms with Crippen molar-refractivity contribution in [2.24, 2.45) is 17.8 Å². The summed E-state index contributed by atoms with van der Waals surface area (Å²) in [5.74, 6) is 0.871. The van der Waals surface area contributed by atoms with Crippen LogP contribution in [0, 0.1) is 17.8 Å². The minimum absolute atomic E-state index is 0.0534. The normalized spacial score (nSPS) is 25.5. The molecule has 1 aromatic rings. The van der Waals surface area contributed by atoms with Gasteiger partial charge in [-0.05, 0) is 55.6 Å². The lowest BCUT2D eigenvalue weighted by Gasteiger charge is -2.23. The zero-order valence-electron chi connectivity index (χ0n) is 14.9. The van der Waals surface area contributed by atoms with Crippen molar-refractivity contribution >= 4 is 33.4 Å². The van der Waals surface area contributed by atoms with E-state index in [1.807, 2.05) is 20.1 Å². The number of thioether (sulfide) groups is 1. The van der Waals surface area contributed by atoms with Gasteiger partial charge in [0.2, 0.25) is 15.9 Å². The lowest BCUT2D eigenvalue weighted by Crippen LogP contribution is -2.38. The minimum Gasteiger partial charge on any atom is -0.325 e. The molecular weight excluding hydrogens is 356 g/mol. The molecule has 2 saturated carbocycles. The van der Waals surface area contributed by atoms with Crippen LogP contribution in [-0.2, 0) is 14.8 Å². The second kappa shape index (κ2) is 7.29. The number of amides is 1. The Kier molecular flexibility index (Phi) is 5.46. The van der Waals surface area contributed by atoms with Gasteiger partial charge >= 0.3 is 0 Å². The SMILES string of the molecule is CSc1ccc(S(=O)(=O)N[C@@H]2C[C@H]3CC[C@@H]2C3)cc1NC(=O)C(C)C. The van der Waals surface area contributed by atoms with Crippen molar-refractivity contribution in [3.63, 3.8) is 0 Å². The molecule has 0 radical (unpaired) electrons. The number of rotatable bonds is 6. The molecule has 0 spiro atoms. The van der Waals surface area contributed by atoms with Gasteiger partial charge in [-0.3, -0.25) is 4.79 Å². The maximum absolute atomic E-state index is 12.8. The van der Waals surface area contributed by atoms with E-state index in [2.05, 4.69) is 10.0 Å². The van der Waals surface area contributed by atoms with Crippen molar-refractivity contribution in [1.82, 2.24) is 4.72 Å². The van der Waals surface area contributed by atoms with Gasteiger partial charge in [0.05, 0.1) is 10.6 Å². The van der Waals surface area contributed by atoms with Crippen LogP contribution in [-0.4, -0.2) is 26.6 Å². The van der Waals surface area contributed by atoms with Gasteiger partial charge in [0.25, 0.3) is 0 Å². The van der Waals surface area contributed by atoms with E-state index in [9.17, 15) is 13.2 Å². The van der Waals surface area contributed by atoms with E-state index in [4.69, 9.17) is 0 Å². The van der Waals surface area contributed by atoms with Crippen LogP contribution in [0.3, 0.4) is 0 Å². The van der Waals surface area contributed by atoms with Crippen molar-refractivity contribution in [2.75, 3.05) is 11.6 Å². The zero-order chi connectivity index (χ0) is 18.2. The molecule has 2 fully saturated rings. The Morgan fingerprint density at radius 3 is 2.56 bits per heavy atom. The lowest BCUT2D eigenvalue weighted by molar-refractivity contribution is -0.118. The number of sulfonamides is 1. The number of nitrogens with one attached hydrogen (secondary N) is 2. The second-order valence-electron chi connectivity index (χ2n) is 7.41. The van der Waals surface area contributed by atoms with E-state index < -0.39 is 10.0 Å². The Bertz CT molecular complexity index is 762. The smallest absolute Gasteiger partial charge is 0.240 e. The molecule has 1 aromatic carbocycles. The summed E-state index contributed by atoms with van der Waals surface area (Å²) in [6.45, 7) is 3.62. The molecule has 2 bridgehead atoms. The zero-order valence-corrected chi connectivity index (χ0v) is 16.5. The molecule has 0 saturated heterocycles. The maximum Gasteiger partial charge on any atom is 0.240 e. The Balaban J connectivity index is 1.82. The first kappa shape index (κ1) is 18.7. The highest BCUT2D eigenvalue weighted by Gasteiger charge is 2.41. The molecule has 3 rings (SSSR count). The molecule has 5 nitrogen and oxygen atoms in total. The first-order valence-electron chi connectivity index (χ1n) is 8.81. The van der Waals surface area contributed by atoms with Crippen LogP contribution in [0.1, 0.15) is 39.5 Å². The fourth-order valence-corrected chi connectivity index (χ4v) is 5.76. The lowest BCUT2D eigenvalue weighted by atomic mass is 9.96. The van der Waals surface area contributed by atoms with E-state index in [1.165, 1.54) is 18.2 Å². The van der Waals surface area contributed by atoms with E-state index in [1.54, 1.807) is 18.2 Å². The molecule has 2 aliphatic rings. The third-order valence-corrected chi connectivity index (χ3v) is 7.59. The highest BCUT2D eigenvalue weighted by molar-refractivity contribution is 7.98. The van der Waals surface area contributed by atoms with Gasteiger partial charge in [-0.25, -0.2) is 13.1 Å². The number of fused-ring (bicyclic) bond motifs is 2. The van der Waals surface area contributed by atoms with E-state index in [0.717, 1.165) is 24.2 Å². The predicted octanol–water partition coefficient (Wildman–Crippen LogP) is 3.47. The molecule has 25 heavy (non-hydrogen) atoms. The summed E-state index contributed by atoms with van der Waals surface area (Å²) < 4.78 is 28.5. The molecule has 2 N–H and O–H groups in total. The number of hydrogen-bond acceptors (Lipinski definition) is 4. The Hall–Kier alpha value is -1.05. The Labute approximate surface area is 154 Å². The number of benzene rings is 1. The van der Waals surface area contributed by atoms with Gasteiger partial charge in [0, 0.05) is 16.9 Å². The van der Waals surface area contributed by atoms with Crippen molar-refractivity contribution in [2.45, 2.75) is 55.4 Å². The standard InChI is InChI=1S/C18H26N2O3S2/c1-11(2)18(21)19-16-10-14(6-7-17(16)24-3)25(22,23)20-15-9-12-4-5-13(15)8-12/h6-7,10-13,15,20H,4-5,8-9H2,1-3H3,(H,19,21)/t12-,13+,15+/m0/s1. The molecule has 7 heteroatoms. The van der Waals surface area contributed by atoms with Crippen LogP contribution >= 0.6 is 11.8 Å². The van der Waals surface area contributed by atoms with Crippen molar-refractivity contribution in [3.05, 3.63) is 18.2 Å². The average Bonchev–Trinajstić information content (AvgIpc) is 3.17. The molecule has 3 atom stereocenters. The van der Waals surface area contributed by atoms with E-state index in [-0.39, 0.29) is 22.8 Å². The maximum atomic E-state index is 12.8. The van der Waals surface area contributed by atoms with Gasteiger partial charge in [-0.1, -0.05) is 20.3 Å². The largest absolute Gasteiger partial charge is 0.325 e. The minimum atomic E-state index is -3.58. The van der Waals surface area contributed by atoms with Gasteiger partial charge in [0.15, 0.2) is 0 Å². The third-order valence-electron chi connectivity index (χ3n) is 5.31. The first-order valence-corrected chi connectivity index (χ1v) is 11.5. The summed E-state index contributed by atoms with van der Waals surface area (Å²) in [5.41, 5.74) is 0.557. The summed E-state index contributed by atoms with van der Waals surface area (Å²) in [6, 6.07) is 5.00. The van der Waals surface area contributed by atoms with Gasteiger partial charge < -0.3 is 5.32 Å². The summed E-state index contributed by atoms with van der Waals surface area (Å²) in [4.78, 5) is 13.1. The van der Waals surface area contributed by atoms with Crippen LogP contribution in [0.4, 0.5) is 5.69 Å². The van der Waals surface area contributed by atoms with Crippen LogP contribution in [0.25, 0.3) is 0 Å². The van der Waals surface area contributed by atoms with Crippen LogP contribution in [0.15, 0.2) is 28.0 Å². The average molecular weight is 383 g/mol. The Morgan fingerprint density at radius 1 is 1.24 bits per heavy atom. The topological polar surface area (TPSA) is 75.3 Å². The summed E-state index contributed by atoms with van der Waals surface area (Å²) in [6.07, 6.45) is 6.36. The number of anilines is 1.